The first-order chi connectivity index (χ1) is 10.5. The second kappa shape index (κ2) is 5.33. The SMILES string of the molecule is CC(=O)Oc1ccc(-c2nc3c(C(N)=O)cccc3[nH]2)cc1. The number of carbonyl (C=O) groups is 2. The van der Waals surface area contributed by atoms with Gasteiger partial charge in [0, 0.05) is 12.5 Å². The summed E-state index contributed by atoms with van der Waals surface area (Å²) in [5.74, 6) is 0.180. The van der Waals surface area contributed by atoms with Crippen molar-refractivity contribution >= 4 is 22.9 Å². The van der Waals surface area contributed by atoms with Crippen LogP contribution in [0.5, 0.6) is 5.75 Å². The minimum atomic E-state index is -0.520. The number of H-pyrrole nitrogens is 1. The molecule has 2 aromatic carbocycles. The molecule has 0 saturated heterocycles. The van der Waals surface area contributed by atoms with E-state index in [0.717, 1.165) is 11.1 Å². The number of aromatic nitrogens is 2. The van der Waals surface area contributed by atoms with Gasteiger partial charge in [-0.25, -0.2) is 4.98 Å². The summed E-state index contributed by atoms with van der Waals surface area (Å²) in [5.41, 5.74) is 7.80. The summed E-state index contributed by atoms with van der Waals surface area (Å²) in [6.45, 7) is 1.35. The summed E-state index contributed by atoms with van der Waals surface area (Å²) < 4.78 is 4.98. The van der Waals surface area contributed by atoms with Gasteiger partial charge in [0.25, 0.3) is 5.91 Å². The molecular formula is C16H13N3O3. The fraction of sp³-hybridized carbons (Fsp3) is 0.0625. The van der Waals surface area contributed by atoms with E-state index in [9.17, 15) is 9.59 Å². The van der Waals surface area contributed by atoms with Crippen molar-refractivity contribution in [3.8, 4) is 17.1 Å². The zero-order valence-corrected chi connectivity index (χ0v) is 11.8. The summed E-state index contributed by atoms with van der Waals surface area (Å²) in [6.07, 6.45) is 0. The summed E-state index contributed by atoms with van der Waals surface area (Å²) in [6, 6.07) is 12.1. The number of esters is 1. The fourth-order valence-electron chi connectivity index (χ4n) is 2.21. The van der Waals surface area contributed by atoms with E-state index in [1.54, 1.807) is 36.4 Å². The first-order valence-corrected chi connectivity index (χ1v) is 6.62. The molecule has 0 bridgehead atoms. The van der Waals surface area contributed by atoms with E-state index in [2.05, 4.69) is 9.97 Å². The Morgan fingerprint density at radius 3 is 2.50 bits per heavy atom. The average Bonchev–Trinajstić information content (AvgIpc) is 2.90. The summed E-state index contributed by atoms with van der Waals surface area (Å²) in [7, 11) is 0. The van der Waals surface area contributed by atoms with Crippen molar-refractivity contribution in [2.75, 3.05) is 0 Å². The normalized spacial score (nSPS) is 10.6. The van der Waals surface area contributed by atoms with Crippen LogP contribution < -0.4 is 10.5 Å². The van der Waals surface area contributed by atoms with Crippen molar-refractivity contribution in [2.45, 2.75) is 6.92 Å². The van der Waals surface area contributed by atoms with Gasteiger partial charge >= 0.3 is 5.97 Å². The molecule has 1 amide bonds. The highest BCUT2D eigenvalue weighted by Crippen LogP contribution is 2.24. The number of fused-ring (bicyclic) bond motifs is 1. The van der Waals surface area contributed by atoms with Crippen LogP contribution in [0.4, 0.5) is 0 Å². The number of hydrogen-bond donors (Lipinski definition) is 2. The molecule has 3 rings (SSSR count). The van der Waals surface area contributed by atoms with E-state index >= 15 is 0 Å². The molecule has 0 radical (unpaired) electrons. The van der Waals surface area contributed by atoms with Crippen LogP contribution in [0.3, 0.4) is 0 Å². The maximum Gasteiger partial charge on any atom is 0.308 e. The van der Waals surface area contributed by atoms with Gasteiger partial charge in [-0.2, -0.15) is 0 Å². The third-order valence-corrected chi connectivity index (χ3v) is 3.17. The predicted octanol–water partition coefficient (Wildman–Crippen LogP) is 2.25. The van der Waals surface area contributed by atoms with Gasteiger partial charge in [-0.1, -0.05) is 6.07 Å². The van der Waals surface area contributed by atoms with Crippen LogP contribution in [0, 0.1) is 0 Å². The number of ether oxygens (including phenoxy) is 1. The fourth-order valence-corrected chi connectivity index (χ4v) is 2.21. The number of rotatable bonds is 3. The molecule has 0 spiro atoms. The summed E-state index contributed by atoms with van der Waals surface area (Å²) in [4.78, 5) is 29.9. The number of nitrogens with zero attached hydrogens (tertiary/aromatic N) is 1. The highest BCUT2D eigenvalue weighted by atomic mass is 16.5. The number of hydrogen-bond acceptors (Lipinski definition) is 4. The Bertz CT molecular complexity index is 866. The number of amides is 1. The van der Waals surface area contributed by atoms with Gasteiger partial charge in [0.05, 0.1) is 11.1 Å². The Labute approximate surface area is 125 Å². The molecule has 3 N–H and O–H groups in total. The van der Waals surface area contributed by atoms with E-state index in [4.69, 9.17) is 10.5 Å². The molecule has 0 atom stereocenters. The van der Waals surface area contributed by atoms with Crippen molar-refractivity contribution in [2.24, 2.45) is 5.73 Å². The van der Waals surface area contributed by atoms with Crippen LogP contribution in [0.2, 0.25) is 0 Å². The Morgan fingerprint density at radius 1 is 1.14 bits per heavy atom. The third kappa shape index (κ3) is 2.54. The molecule has 6 nitrogen and oxygen atoms in total. The lowest BCUT2D eigenvalue weighted by atomic mass is 10.2. The molecule has 0 fully saturated rings. The lowest BCUT2D eigenvalue weighted by Crippen LogP contribution is -2.11. The zero-order chi connectivity index (χ0) is 15.7. The largest absolute Gasteiger partial charge is 0.427 e. The van der Waals surface area contributed by atoms with Gasteiger partial charge in [0.2, 0.25) is 0 Å². The summed E-state index contributed by atoms with van der Waals surface area (Å²) in [5, 5.41) is 0. The maximum absolute atomic E-state index is 11.4. The van der Waals surface area contributed by atoms with Crippen LogP contribution in [-0.2, 0) is 4.79 Å². The smallest absolute Gasteiger partial charge is 0.308 e. The quantitative estimate of drug-likeness (QED) is 0.572. The first kappa shape index (κ1) is 13.8. The van der Waals surface area contributed by atoms with E-state index in [1.165, 1.54) is 6.92 Å². The monoisotopic (exact) mass is 295 g/mol. The maximum atomic E-state index is 11.4. The first-order valence-electron chi connectivity index (χ1n) is 6.62. The minimum absolute atomic E-state index is 0.372. The number of nitrogens with two attached hydrogens (primary N) is 1. The number of carbonyl (C=O) groups excluding carboxylic acids is 2. The Morgan fingerprint density at radius 2 is 1.86 bits per heavy atom. The molecular weight excluding hydrogens is 282 g/mol. The van der Waals surface area contributed by atoms with E-state index in [1.807, 2.05) is 6.07 Å². The second-order valence-electron chi connectivity index (χ2n) is 4.77. The molecule has 1 heterocycles. The Kier molecular flexibility index (Phi) is 3.34. The van der Waals surface area contributed by atoms with E-state index < -0.39 is 5.91 Å². The van der Waals surface area contributed by atoms with Crippen molar-refractivity contribution in [3.63, 3.8) is 0 Å². The van der Waals surface area contributed by atoms with Crippen LogP contribution in [0.1, 0.15) is 17.3 Å². The molecule has 110 valence electrons. The van der Waals surface area contributed by atoms with Crippen molar-refractivity contribution in [3.05, 3.63) is 48.0 Å². The number of para-hydroxylation sites is 1. The molecule has 3 aromatic rings. The van der Waals surface area contributed by atoms with Gasteiger partial charge in [-0.05, 0) is 36.4 Å². The standard InChI is InChI=1S/C16H13N3O3/c1-9(20)22-11-7-5-10(6-8-11)16-18-13-4-2-3-12(15(17)21)14(13)19-16/h2-8H,1H3,(H2,17,21)(H,18,19). The summed E-state index contributed by atoms with van der Waals surface area (Å²) >= 11 is 0. The Balaban J connectivity index is 2.01. The zero-order valence-electron chi connectivity index (χ0n) is 11.8. The molecule has 0 aliphatic rings. The van der Waals surface area contributed by atoms with Gasteiger partial charge in [0.15, 0.2) is 0 Å². The molecule has 0 aliphatic carbocycles. The van der Waals surface area contributed by atoms with E-state index in [0.29, 0.717) is 22.7 Å². The molecule has 0 saturated carbocycles. The van der Waals surface area contributed by atoms with Gasteiger partial charge < -0.3 is 15.5 Å². The highest BCUT2D eigenvalue weighted by molar-refractivity contribution is 6.04. The lowest BCUT2D eigenvalue weighted by molar-refractivity contribution is -0.131. The number of aromatic amines is 1. The number of nitrogens with one attached hydrogen (secondary N) is 1. The number of primary amides is 1. The van der Waals surface area contributed by atoms with Crippen LogP contribution in [0.25, 0.3) is 22.4 Å². The van der Waals surface area contributed by atoms with Gasteiger partial charge in [-0.3, -0.25) is 9.59 Å². The molecule has 1 aromatic heterocycles. The number of benzene rings is 2. The molecule has 6 heteroatoms. The van der Waals surface area contributed by atoms with Crippen molar-refractivity contribution in [1.82, 2.24) is 9.97 Å². The van der Waals surface area contributed by atoms with Crippen LogP contribution in [0.15, 0.2) is 42.5 Å². The highest BCUT2D eigenvalue weighted by Gasteiger charge is 2.12. The van der Waals surface area contributed by atoms with Gasteiger partial charge in [0.1, 0.15) is 17.1 Å². The van der Waals surface area contributed by atoms with Gasteiger partial charge in [-0.15, -0.1) is 0 Å². The van der Waals surface area contributed by atoms with Crippen molar-refractivity contribution < 1.29 is 14.3 Å². The lowest BCUT2D eigenvalue weighted by Gasteiger charge is -2.01. The van der Waals surface area contributed by atoms with Crippen LogP contribution >= 0.6 is 0 Å². The molecule has 0 unspecified atom stereocenters. The Hall–Kier alpha value is -3.15. The molecule has 22 heavy (non-hydrogen) atoms. The second-order valence-corrected chi connectivity index (χ2v) is 4.77. The predicted molar refractivity (Wildman–Crippen MR) is 81.4 cm³/mol. The number of imidazole rings is 1. The minimum Gasteiger partial charge on any atom is -0.427 e. The third-order valence-electron chi connectivity index (χ3n) is 3.17. The van der Waals surface area contributed by atoms with E-state index in [-0.39, 0.29) is 5.97 Å². The average molecular weight is 295 g/mol. The van der Waals surface area contributed by atoms with Crippen molar-refractivity contribution in [1.29, 1.82) is 0 Å². The molecule has 0 aliphatic heterocycles. The van der Waals surface area contributed by atoms with Crippen LogP contribution in [-0.4, -0.2) is 21.8 Å². The topological polar surface area (TPSA) is 98.1 Å².